The van der Waals surface area contributed by atoms with Crippen molar-refractivity contribution >= 4 is 67.8 Å². The van der Waals surface area contributed by atoms with Crippen molar-refractivity contribution in [1.29, 1.82) is 0 Å². The van der Waals surface area contributed by atoms with Crippen LogP contribution in [0.15, 0.2) is 180 Å². The van der Waals surface area contributed by atoms with Crippen LogP contribution in [0, 0.1) is 122 Å². The van der Waals surface area contributed by atoms with E-state index in [9.17, 15) is 52.7 Å². The van der Waals surface area contributed by atoms with Crippen LogP contribution < -0.4 is 50.2 Å². The van der Waals surface area contributed by atoms with E-state index in [-0.39, 0.29) is 38.6 Å². The van der Waals surface area contributed by atoms with Crippen LogP contribution in [0.5, 0.6) is 0 Å². The van der Waals surface area contributed by atoms with Crippen LogP contribution in [0.25, 0.3) is 0 Å². The first kappa shape index (κ1) is 68.7. The maximum absolute atomic E-state index is 15.4. The van der Waals surface area contributed by atoms with Crippen molar-refractivity contribution in [3.63, 3.8) is 0 Å². The third-order valence-electron chi connectivity index (χ3n) is 11.7. The summed E-state index contributed by atoms with van der Waals surface area (Å²) in [4.78, 5) is 0. The predicted octanol–water partition coefficient (Wildman–Crippen LogP) is 11.1. The van der Waals surface area contributed by atoms with E-state index < -0.39 is 152 Å². The Morgan fingerprint density at radius 3 is 0.723 bits per heavy atom. The number of rotatable bonds is 7. The second-order valence-corrected chi connectivity index (χ2v) is 19.8. The molecule has 0 aliphatic carbocycles. The Morgan fingerprint density at radius 2 is 0.530 bits per heavy atom. The number of hydrogen-bond acceptors (Lipinski definition) is 0. The van der Waals surface area contributed by atoms with Gasteiger partial charge in [0, 0.05) is 4.47 Å². The van der Waals surface area contributed by atoms with Crippen molar-refractivity contribution in [2.75, 3.05) is 0 Å². The van der Waals surface area contributed by atoms with Crippen molar-refractivity contribution in [1.82, 2.24) is 0 Å². The molecule has 0 fully saturated rings. The minimum atomic E-state index is -7.22. The fourth-order valence-corrected chi connectivity index (χ4v) is 11.0. The van der Waals surface area contributed by atoms with Crippen molar-refractivity contribution < 1.29 is 126 Å². The Hall–Kier alpha value is -6.79. The van der Waals surface area contributed by atoms with Crippen LogP contribution in [0.1, 0.15) is 0 Å². The molecule has 10 aromatic carbocycles. The molecule has 428 valence electrons. The molecule has 25 heteroatoms. The molecule has 0 radical (unpaired) electrons. The van der Waals surface area contributed by atoms with Gasteiger partial charge in [-0.05, 0) is 41.7 Å². The maximum Gasteiger partial charge on any atom is 4.00 e. The largest absolute Gasteiger partial charge is 4.00 e. The topological polar surface area (TPSA) is 0 Å². The van der Waals surface area contributed by atoms with Gasteiger partial charge in [0.2, 0.25) is 0 Å². The molecule has 0 nitrogen and oxygen atoms in total. The van der Waals surface area contributed by atoms with E-state index in [2.05, 4.69) is 94.8 Å². The van der Waals surface area contributed by atoms with Crippen LogP contribution in [-0.2, 0) is 26.2 Å². The molecule has 10 aromatic rings. The van der Waals surface area contributed by atoms with Gasteiger partial charge < -0.3 is 12.4 Å². The van der Waals surface area contributed by atoms with Gasteiger partial charge in [-0.3, -0.25) is 0 Å². The molecule has 0 saturated heterocycles. The average Bonchev–Trinajstić information content (AvgIpc) is 3.21. The van der Waals surface area contributed by atoms with E-state index in [0.29, 0.717) is 0 Å². The zero-order valence-corrected chi connectivity index (χ0v) is 46.9. The summed E-state index contributed by atoms with van der Waals surface area (Å²) in [6, 6.07) is 63.2. The molecule has 0 heterocycles. The number of hydrogen-bond donors (Lipinski definition) is 0. The van der Waals surface area contributed by atoms with Crippen LogP contribution >= 0.6 is 23.9 Å². The smallest absolute Gasteiger partial charge is 1.00 e. The monoisotopic (exact) mass is 1350 g/mol. The minimum Gasteiger partial charge on any atom is -1.00 e. The van der Waals surface area contributed by atoms with E-state index in [1.807, 2.05) is 103 Å². The second-order valence-electron chi connectivity index (χ2n) is 16.4. The summed E-state index contributed by atoms with van der Waals surface area (Å²) in [5.41, 5.74) is -14.3. The molecular weight excluding hydrogens is 1320 g/mol. The molecule has 0 aliphatic rings. The second kappa shape index (κ2) is 30.7. The van der Waals surface area contributed by atoms with Gasteiger partial charge in [-0.25, -0.2) is 112 Å². The third-order valence-corrected chi connectivity index (χ3v) is 14.9. The normalized spacial score (nSPS) is 10.6. The van der Waals surface area contributed by atoms with Crippen LogP contribution in [0.2, 0.25) is 0 Å². The number of benzene rings is 8. The Kier molecular flexibility index (Phi) is 25.4. The third kappa shape index (κ3) is 14.4. The Balaban J connectivity index is 0.000000312. The van der Waals surface area contributed by atoms with Gasteiger partial charge in [-0.2, -0.15) is 54.6 Å². The summed E-state index contributed by atoms with van der Waals surface area (Å²) in [6.45, 7) is 0. The fraction of sp³-hybridized carbons (Fsp3) is 0. The van der Waals surface area contributed by atoms with Crippen LogP contribution in [0.3, 0.4) is 0 Å². The van der Waals surface area contributed by atoms with Crippen molar-refractivity contribution in [3.05, 3.63) is 303 Å². The SMILES string of the molecule is Brc1ccccc1.Fc1c(F)c(F)c([B-](c2c(F)c(F)c(F)c(F)c2F)(c2c(F)c(F)c(F)c(F)c2F)c2c(F)c(F)c(F)c(F)c2F)c(F)c1F.[Cl-].[Zr+4].[c-]1ccccc1[PH+](c1ccccc1)c1ccccc1.c1cc[cH-]c1.c1cc[cH-]c1. The number of halogens is 22. The summed E-state index contributed by atoms with van der Waals surface area (Å²) in [6.07, 6.45) is -7.22. The van der Waals surface area contributed by atoms with Crippen LogP contribution in [0.4, 0.5) is 87.8 Å². The molecule has 0 atom stereocenters. The first-order valence-corrected chi connectivity index (χ1v) is 25.1. The molecule has 0 spiro atoms. The van der Waals surface area contributed by atoms with Crippen molar-refractivity contribution in [2.24, 2.45) is 0 Å². The predicted molar refractivity (Wildman–Crippen MR) is 273 cm³/mol. The van der Waals surface area contributed by atoms with Gasteiger partial charge in [0.1, 0.15) is 52.7 Å². The molecule has 0 N–H and O–H groups in total. The van der Waals surface area contributed by atoms with E-state index in [0.717, 1.165) is 4.47 Å². The van der Waals surface area contributed by atoms with Crippen molar-refractivity contribution in [2.45, 2.75) is 0 Å². The molecule has 0 aliphatic heterocycles. The van der Waals surface area contributed by atoms with Crippen molar-refractivity contribution in [3.8, 4) is 0 Å². The van der Waals surface area contributed by atoms with E-state index in [1.165, 1.54) is 15.9 Å². The van der Waals surface area contributed by atoms with Crippen LogP contribution in [-0.4, -0.2) is 6.15 Å². The molecule has 0 amide bonds. The fourth-order valence-electron chi connectivity index (χ4n) is 8.17. The Bertz CT molecular complexity index is 3180. The average molecular weight is 1360 g/mol. The van der Waals surface area contributed by atoms with Gasteiger partial charge in [0.15, 0.2) is 69.8 Å². The van der Waals surface area contributed by atoms with Gasteiger partial charge in [0.25, 0.3) is 0 Å². The Morgan fingerprint density at radius 1 is 0.301 bits per heavy atom. The standard InChI is InChI=1S/C24BF20.C18H14P.C6H5Br.2C5H5.ClH.Zr/c26-5-1(6(27)14(35)21(42)13(5)34)25(2-7(28)15(36)22(43)16(37)8(2)29,3-9(30)17(38)23(44)18(39)10(3)31)4-11(32)19(40)24(45)20(41)12(4)33;1-4-10-16(11-5-1)19(17-12-6-2-7-13-17)18-14-8-3-9-15-18;7-6-4-2-1-3-5-6;2*1-2-4-5-3-1;;/h;1-14H;1-5H;2*1-5H;1H;/q2*-1;;2*-1;;+4. The van der Waals surface area contributed by atoms with Gasteiger partial charge in [-0.1, -0.05) is 70.5 Å². The van der Waals surface area contributed by atoms with Gasteiger partial charge >= 0.3 is 26.2 Å². The summed E-state index contributed by atoms with van der Waals surface area (Å²) >= 11 is 3.31. The quantitative estimate of drug-likeness (QED) is 0.0373. The summed E-state index contributed by atoms with van der Waals surface area (Å²) in [7, 11) is -0.933. The van der Waals surface area contributed by atoms with E-state index in [1.54, 1.807) is 0 Å². The van der Waals surface area contributed by atoms with E-state index >= 15 is 35.1 Å². The Labute approximate surface area is 494 Å². The summed E-state index contributed by atoms with van der Waals surface area (Å²) in [5, 5.41) is 4.12. The molecule has 10 rings (SSSR count). The first-order chi connectivity index (χ1) is 38.5. The summed E-state index contributed by atoms with van der Waals surface area (Å²) in [5.74, 6) is -71.4. The molecule has 0 unspecified atom stereocenters. The molecular formula is C58H30BBrClF20PZr. The molecule has 0 saturated carbocycles. The van der Waals surface area contributed by atoms with E-state index in [4.69, 9.17) is 0 Å². The molecule has 83 heavy (non-hydrogen) atoms. The van der Waals surface area contributed by atoms with Gasteiger partial charge in [-0.15, -0.1) is 34.0 Å². The van der Waals surface area contributed by atoms with Gasteiger partial charge in [0.05, 0.1) is 18.5 Å². The molecule has 0 aromatic heterocycles. The zero-order valence-electron chi connectivity index (χ0n) is 41.1. The molecule has 0 bridgehead atoms. The zero-order chi connectivity index (χ0) is 59.5. The minimum absolute atomic E-state index is 0. The maximum atomic E-state index is 15.4. The summed E-state index contributed by atoms with van der Waals surface area (Å²) < 4.78 is 295. The first-order valence-electron chi connectivity index (χ1n) is 22.8.